The average Bonchev–Trinajstić information content (AvgIpc) is 1.62. The van der Waals surface area contributed by atoms with Crippen LogP contribution in [0.5, 0.6) is 0 Å². The Kier molecular flexibility index (Phi) is 50.6. The Morgan fingerprint density at radius 1 is 0.134 bits per heavy atom. The van der Waals surface area contributed by atoms with E-state index >= 15 is 0 Å². The Hall–Kier alpha value is -0.320. The molecule has 0 aromatic heterocycles. The second-order valence-electron chi connectivity index (χ2n) is 37.5. The summed E-state index contributed by atoms with van der Waals surface area (Å²) in [6, 6.07) is 12.6. The molecule has 8 rings (SSSR count). The van der Waals surface area contributed by atoms with Gasteiger partial charge in [0, 0.05) is 96.7 Å². The summed E-state index contributed by atoms with van der Waals surface area (Å²) in [6.45, 7) is 85.4. The fourth-order valence-electron chi connectivity index (χ4n) is 18.9. The molecule has 8 aliphatic rings. The summed E-state index contributed by atoms with van der Waals surface area (Å²) in [7, 11) is 0. The average molecular weight is 1370 g/mol. The fraction of sp³-hybridized carbons (Fsp3) is 1.00. The Bertz CT molecular complexity index is 1470. The highest BCUT2D eigenvalue weighted by molar-refractivity contribution is 4.88. The van der Waals surface area contributed by atoms with Crippen LogP contribution < -0.4 is 0 Å². The van der Waals surface area contributed by atoms with Crippen molar-refractivity contribution in [1.29, 1.82) is 0 Å². The van der Waals surface area contributed by atoms with Gasteiger partial charge in [-0.1, -0.05) is 169 Å². The maximum absolute atomic E-state index is 2.71. The summed E-state index contributed by atoms with van der Waals surface area (Å²) >= 11 is 0. The van der Waals surface area contributed by atoms with Gasteiger partial charge in [-0.3, -0.25) is 39.2 Å². The van der Waals surface area contributed by atoms with E-state index in [2.05, 4.69) is 261 Å². The molecule has 0 saturated carbocycles. The molecule has 0 bridgehead atoms. The van der Waals surface area contributed by atoms with Gasteiger partial charge in [0.05, 0.1) is 0 Å². The molecule has 0 aromatic rings. The van der Waals surface area contributed by atoms with E-state index in [0.29, 0.717) is 0 Å². The molecular formula is C89H186N8. The van der Waals surface area contributed by atoms with Crippen molar-refractivity contribution in [2.75, 3.05) is 52.4 Å². The van der Waals surface area contributed by atoms with Gasteiger partial charge >= 0.3 is 0 Å². The summed E-state index contributed by atoms with van der Waals surface area (Å²) in [4.78, 5) is 21.4. The minimum Gasteiger partial charge on any atom is -0.298 e. The quantitative estimate of drug-likeness (QED) is 0.151. The minimum atomic E-state index is 0.727. The first kappa shape index (κ1) is 94.7. The maximum atomic E-state index is 2.71. The third-order valence-electron chi connectivity index (χ3n) is 24.5. The second-order valence-corrected chi connectivity index (χ2v) is 37.5. The number of piperidine rings is 5. The SMILES string of the molecule is CC(C)C1CCCCCN1C(C)C.CC(C)C1CCCCCN1C(C)C.CC(C)C1CCCCN1C(C)C.CC(C)C1CCCCN1C(C)C.CC(C)C1CCCCN1C(C)C.CC(C)C1CCCCN1C(C)C.CC(C)C1CCCCN1C(C)C.CC(C)C1CCCN1C(C)C. The van der Waals surface area contributed by atoms with E-state index in [1.165, 1.54) is 213 Å². The molecule has 0 aliphatic carbocycles. The molecule has 8 aliphatic heterocycles. The second kappa shape index (κ2) is 51.8. The number of nitrogens with zero attached hydrogens (tertiary/aromatic N) is 8. The zero-order valence-electron chi connectivity index (χ0n) is 72.8. The topological polar surface area (TPSA) is 25.9 Å². The maximum Gasteiger partial charge on any atom is 0.0121 e. The smallest absolute Gasteiger partial charge is 0.0121 e. The highest BCUT2D eigenvalue weighted by atomic mass is 15.2. The molecule has 8 unspecified atom stereocenters. The zero-order chi connectivity index (χ0) is 73.8. The van der Waals surface area contributed by atoms with Crippen molar-refractivity contribution in [2.24, 2.45) is 47.3 Å². The van der Waals surface area contributed by atoms with Crippen molar-refractivity contribution in [3.63, 3.8) is 0 Å². The molecule has 0 amide bonds. The summed E-state index contributed by atoms with van der Waals surface area (Å²) in [5.41, 5.74) is 0. The van der Waals surface area contributed by atoms with Crippen molar-refractivity contribution in [1.82, 2.24) is 39.2 Å². The van der Waals surface area contributed by atoms with Crippen LogP contribution in [0, 0.1) is 47.3 Å². The molecule has 0 aromatic carbocycles. The van der Waals surface area contributed by atoms with Gasteiger partial charge in [0.2, 0.25) is 0 Å². The van der Waals surface area contributed by atoms with E-state index in [4.69, 9.17) is 0 Å². The molecule has 8 saturated heterocycles. The van der Waals surface area contributed by atoms with Crippen LogP contribution in [0.15, 0.2) is 0 Å². The molecule has 0 N–H and O–H groups in total. The monoisotopic (exact) mass is 1370 g/mol. The van der Waals surface area contributed by atoms with Crippen molar-refractivity contribution in [3.8, 4) is 0 Å². The molecule has 0 spiro atoms. The predicted molar refractivity (Wildman–Crippen MR) is 439 cm³/mol. The Labute approximate surface area is 614 Å². The van der Waals surface area contributed by atoms with Gasteiger partial charge in [-0.05, 0) is 313 Å². The van der Waals surface area contributed by atoms with E-state index in [1.807, 2.05) is 0 Å². The molecule has 0 radical (unpaired) electrons. The van der Waals surface area contributed by atoms with Crippen molar-refractivity contribution in [3.05, 3.63) is 0 Å². The fourth-order valence-corrected chi connectivity index (χ4v) is 18.9. The Morgan fingerprint density at radius 3 is 0.361 bits per heavy atom. The largest absolute Gasteiger partial charge is 0.298 e. The summed E-state index contributed by atoms with van der Waals surface area (Å²) in [6.07, 6.45) is 35.5. The third kappa shape index (κ3) is 36.0. The van der Waals surface area contributed by atoms with Crippen LogP contribution in [0.1, 0.15) is 382 Å². The van der Waals surface area contributed by atoms with Crippen LogP contribution in [0.4, 0.5) is 0 Å². The van der Waals surface area contributed by atoms with Crippen molar-refractivity contribution < 1.29 is 0 Å². The van der Waals surface area contributed by atoms with Crippen LogP contribution in [0.2, 0.25) is 0 Å². The van der Waals surface area contributed by atoms with Gasteiger partial charge in [0.1, 0.15) is 0 Å². The lowest BCUT2D eigenvalue weighted by molar-refractivity contribution is 0.0807. The first-order chi connectivity index (χ1) is 45.5. The molecular weight excluding hydrogens is 1180 g/mol. The summed E-state index contributed by atoms with van der Waals surface area (Å²) < 4.78 is 0. The first-order valence-corrected chi connectivity index (χ1v) is 43.6. The summed E-state index contributed by atoms with van der Waals surface area (Å²) in [5.74, 6) is 6.61. The number of likely N-dealkylation sites (tertiary alicyclic amines) is 8. The lowest BCUT2D eigenvalue weighted by Gasteiger charge is -2.40. The zero-order valence-corrected chi connectivity index (χ0v) is 72.8. The van der Waals surface area contributed by atoms with Gasteiger partial charge in [0.25, 0.3) is 0 Å². The van der Waals surface area contributed by atoms with Crippen LogP contribution in [0.3, 0.4) is 0 Å². The molecule has 8 fully saturated rings. The van der Waals surface area contributed by atoms with Gasteiger partial charge < -0.3 is 0 Å². The van der Waals surface area contributed by atoms with Gasteiger partial charge in [-0.15, -0.1) is 0 Å². The summed E-state index contributed by atoms with van der Waals surface area (Å²) in [5, 5.41) is 0. The van der Waals surface area contributed by atoms with Crippen molar-refractivity contribution >= 4 is 0 Å². The molecule has 8 heteroatoms. The van der Waals surface area contributed by atoms with Crippen LogP contribution in [-0.2, 0) is 0 Å². The van der Waals surface area contributed by atoms with Crippen molar-refractivity contribution in [2.45, 2.75) is 479 Å². The Balaban J connectivity index is 0.000000555. The number of hydrogen-bond acceptors (Lipinski definition) is 8. The third-order valence-corrected chi connectivity index (χ3v) is 24.5. The highest BCUT2D eigenvalue weighted by Crippen LogP contribution is 2.32. The normalized spacial score (nSPS) is 27.0. The van der Waals surface area contributed by atoms with E-state index in [0.717, 1.165) is 144 Å². The molecule has 582 valence electrons. The van der Waals surface area contributed by atoms with Crippen LogP contribution >= 0.6 is 0 Å². The van der Waals surface area contributed by atoms with E-state index in [-0.39, 0.29) is 0 Å². The van der Waals surface area contributed by atoms with E-state index in [1.54, 1.807) is 0 Å². The molecule has 8 heterocycles. The van der Waals surface area contributed by atoms with E-state index in [9.17, 15) is 0 Å². The predicted octanol–water partition coefficient (Wildman–Crippen LogP) is 23.6. The van der Waals surface area contributed by atoms with Crippen LogP contribution in [0.25, 0.3) is 0 Å². The highest BCUT2D eigenvalue weighted by Gasteiger charge is 2.33. The standard InChI is InChI=1S/2C12H25N.5C11H23N.C10H21N/c2*1-10(2)12-8-6-5-7-9-13(12)11(3)4;5*1-9(2)11-7-5-6-8-12(11)10(3)4;1-8(2)10-6-5-7-11(10)9(3)4/h2*10-12H,5-9H2,1-4H3;5*9-11H,5-8H2,1-4H3;8-10H,5-7H2,1-4H3. The van der Waals surface area contributed by atoms with E-state index < -0.39 is 0 Å². The molecule has 97 heavy (non-hydrogen) atoms. The van der Waals surface area contributed by atoms with Gasteiger partial charge in [0.15, 0.2) is 0 Å². The minimum absolute atomic E-state index is 0.727. The number of rotatable bonds is 16. The van der Waals surface area contributed by atoms with Gasteiger partial charge in [-0.25, -0.2) is 0 Å². The Morgan fingerprint density at radius 2 is 0.237 bits per heavy atom. The lowest BCUT2D eigenvalue weighted by Crippen LogP contribution is -2.46. The lowest BCUT2D eigenvalue weighted by atomic mass is 9.92. The molecule has 8 atom stereocenters. The van der Waals surface area contributed by atoms with Gasteiger partial charge in [-0.2, -0.15) is 0 Å². The first-order valence-electron chi connectivity index (χ1n) is 43.6. The van der Waals surface area contributed by atoms with Crippen LogP contribution in [-0.4, -0.2) is 188 Å². The number of hydrogen-bond donors (Lipinski definition) is 0. The molecule has 8 nitrogen and oxygen atoms in total.